The predicted molar refractivity (Wildman–Crippen MR) is 113 cm³/mol. The molecule has 29 heavy (non-hydrogen) atoms. The molecule has 0 bridgehead atoms. The maximum absolute atomic E-state index is 12.8. The van der Waals surface area contributed by atoms with Gasteiger partial charge in [-0.05, 0) is 25.5 Å². The molecule has 8 heteroatoms. The van der Waals surface area contributed by atoms with E-state index in [0.29, 0.717) is 22.6 Å². The summed E-state index contributed by atoms with van der Waals surface area (Å²) < 4.78 is 6.20. The van der Waals surface area contributed by atoms with Gasteiger partial charge in [0.1, 0.15) is 10.6 Å². The SMILES string of the molecule is CCCCOC(=O)c1c(NC(=O)c2cccc([N+](=O)[O-])c2C)sc2ccccc12. The second-order valence-corrected chi connectivity index (χ2v) is 7.50. The highest BCUT2D eigenvalue weighted by Crippen LogP contribution is 2.36. The van der Waals surface area contributed by atoms with Gasteiger partial charge in [-0.25, -0.2) is 4.79 Å². The lowest BCUT2D eigenvalue weighted by Gasteiger charge is -2.09. The average Bonchev–Trinajstić information content (AvgIpc) is 3.05. The molecule has 0 unspecified atom stereocenters. The number of carbonyl (C=O) groups is 2. The minimum atomic E-state index is -0.526. The number of amides is 1. The first-order valence-electron chi connectivity index (χ1n) is 9.18. The van der Waals surface area contributed by atoms with Crippen molar-refractivity contribution in [1.82, 2.24) is 0 Å². The smallest absolute Gasteiger partial charge is 0.341 e. The first-order valence-corrected chi connectivity index (χ1v) is 9.99. The summed E-state index contributed by atoms with van der Waals surface area (Å²) in [5.74, 6) is -1.01. The van der Waals surface area contributed by atoms with Crippen LogP contribution in [0.5, 0.6) is 0 Å². The van der Waals surface area contributed by atoms with E-state index in [2.05, 4.69) is 5.32 Å². The third kappa shape index (κ3) is 4.27. The number of rotatable bonds is 7. The highest BCUT2D eigenvalue weighted by atomic mass is 32.1. The average molecular weight is 412 g/mol. The first-order chi connectivity index (χ1) is 13.9. The van der Waals surface area contributed by atoms with E-state index in [1.165, 1.54) is 36.5 Å². The Kier molecular flexibility index (Phi) is 6.23. The zero-order valence-electron chi connectivity index (χ0n) is 16.1. The number of ether oxygens (including phenoxy) is 1. The van der Waals surface area contributed by atoms with Gasteiger partial charge in [-0.3, -0.25) is 14.9 Å². The Bertz CT molecular complexity index is 1090. The Morgan fingerprint density at radius 2 is 1.93 bits per heavy atom. The van der Waals surface area contributed by atoms with Gasteiger partial charge in [0, 0.05) is 27.3 Å². The third-order valence-corrected chi connectivity index (χ3v) is 5.59. The van der Waals surface area contributed by atoms with E-state index in [9.17, 15) is 19.7 Å². The summed E-state index contributed by atoms with van der Waals surface area (Å²) in [6.45, 7) is 3.83. The van der Waals surface area contributed by atoms with Gasteiger partial charge in [0.15, 0.2) is 0 Å². The number of nitro benzene ring substituents is 1. The van der Waals surface area contributed by atoms with Crippen LogP contribution in [-0.4, -0.2) is 23.4 Å². The molecule has 0 spiro atoms. The summed E-state index contributed by atoms with van der Waals surface area (Å²) in [7, 11) is 0. The number of benzene rings is 2. The number of esters is 1. The van der Waals surface area contributed by atoms with Crippen molar-refractivity contribution in [1.29, 1.82) is 0 Å². The van der Waals surface area contributed by atoms with Gasteiger partial charge >= 0.3 is 5.97 Å². The van der Waals surface area contributed by atoms with Crippen molar-refractivity contribution in [2.24, 2.45) is 0 Å². The van der Waals surface area contributed by atoms with E-state index in [1.807, 2.05) is 25.1 Å². The molecular weight excluding hydrogens is 392 g/mol. The minimum absolute atomic E-state index is 0.131. The molecule has 0 aliphatic carbocycles. The van der Waals surface area contributed by atoms with Gasteiger partial charge in [0.05, 0.1) is 11.5 Å². The van der Waals surface area contributed by atoms with E-state index in [1.54, 1.807) is 6.07 Å². The van der Waals surface area contributed by atoms with Gasteiger partial charge in [-0.15, -0.1) is 11.3 Å². The molecular formula is C21H20N2O5S. The molecule has 7 nitrogen and oxygen atoms in total. The topological polar surface area (TPSA) is 98.5 Å². The largest absolute Gasteiger partial charge is 0.462 e. The lowest BCUT2D eigenvalue weighted by molar-refractivity contribution is -0.385. The zero-order chi connectivity index (χ0) is 21.0. The monoisotopic (exact) mass is 412 g/mol. The number of thiophene rings is 1. The molecule has 1 heterocycles. The van der Waals surface area contributed by atoms with Crippen molar-refractivity contribution < 1.29 is 19.2 Å². The molecule has 0 atom stereocenters. The van der Waals surface area contributed by atoms with Crippen LogP contribution < -0.4 is 5.32 Å². The Hall–Kier alpha value is -3.26. The Morgan fingerprint density at radius 1 is 1.17 bits per heavy atom. The Balaban J connectivity index is 1.97. The number of unbranched alkanes of at least 4 members (excludes halogenated alkanes) is 1. The van der Waals surface area contributed by atoms with E-state index in [0.717, 1.165) is 17.5 Å². The van der Waals surface area contributed by atoms with Crippen LogP contribution in [0.4, 0.5) is 10.7 Å². The standard InChI is InChI=1S/C21H20N2O5S/c1-3-4-12-28-21(25)18-15-8-5-6-11-17(15)29-20(18)22-19(24)14-9-7-10-16(13(14)2)23(26)27/h5-11H,3-4,12H2,1-2H3,(H,22,24). The first kappa shape index (κ1) is 20.5. The fourth-order valence-corrected chi connectivity index (χ4v) is 4.04. The molecule has 3 rings (SSSR count). The number of hydrogen-bond acceptors (Lipinski definition) is 6. The maximum Gasteiger partial charge on any atom is 0.341 e. The normalized spacial score (nSPS) is 10.7. The summed E-state index contributed by atoms with van der Waals surface area (Å²) in [4.78, 5) is 36.2. The molecule has 150 valence electrons. The molecule has 0 aliphatic heterocycles. The second-order valence-electron chi connectivity index (χ2n) is 6.45. The highest BCUT2D eigenvalue weighted by molar-refractivity contribution is 7.23. The number of nitrogens with one attached hydrogen (secondary N) is 1. The molecule has 0 fully saturated rings. The van der Waals surface area contributed by atoms with E-state index < -0.39 is 16.8 Å². The number of nitro groups is 1. The molecule has 1 N–H and O–H groups in total. The number of anilines is 1. The summed E-state index contributed by atoms with van der Waals surface area (Å²) in [6, 6.07) is 11.7. The van der Waals surface area contributed by atoms with Gasteiger partial charge in [-0.1, -0.05) is 37.6 Å². The molecule has 1 amide bonds. The number of hydrogen-bond donors (Lipinski definition) is 1. The molecule has 1 aromatic heterocycles. The summed E-state index contributed by atoms with van der Waals surface area (Å²) in [6.07, 6.45) is 1.65. The van der Waals surface area contributed by atoms with E-state index >= 15 is 0 Å². The van der Waals surface area contributed by atoms with Crippen LogP contribution in [0.15, 0.2) is 42.5 Å². The molecule has 0 aliphatic rings. The fraction of sp³-hybridized carbons (Fsp3) is 0.238. The van der Waals surface area contributed by atoms with Crippen molar-refractivity contribution in [3.63, 3.8) is 0 Å². The molecule has 2 aromatic carbocycles. The Morgan fingerprint density at radius 3 is 2.66 bits per heavy atom. The van der Waals surface area contributed by atoms with Gasteiger partial charge in [0.25, 0.3) is 11.6 Å². The van der Waals surface area contributed by atoms with Gasteiger partial charge in [0.2, 0.25) is 0 Å². The van der Waals surface area contributed by atoms with Crippen LogP contribution >= 0.6 is 11.3 Å². The van der Waals surface area contributed by atoms with Crippen LogP contribution in [0, 0.1) is 17.0 Å². The summed E-state index contributed by atoms with van der Waals surface area (Å²) >= 11 is 1.26. The lowest BCUT2D eigenvalue weighted by atomic mass is 10.1. The van der Waals surface area contributed by atoms with Crippen LogP contribution in [-0.2, 0) is 4.74 Å². The summed E-state index contributed by atoms with van der Waals surface area (Å²) in [5, 5.41) is 15.0. The maximum atomic E-state index is 12.8. The lowest BCUT2D eigenvalue weighted by Crippen LogP contribution is -2.16. The van der Waals surface area contributed by atoms with Crippen molar-refractivity contribution in [2.45, 2.75) is 26.7 Å². The second kappa shape index (κ2) is 8.83. The quantitative estimate of drug-likeness (QED) is 0.245. The predicted octanol–water partition coefficient (Wildman–Crippen LogP) is 5.33. The van der Waals surface area contributed by atoms with E-state index in [4.69, 9.17) is 4.74 Å². The Labute approximate surface area is 171 Å². The van der Waals surface area contributed by atoms with Gasteiger partial charge in [-0.2, -0.15) is 0 Å². The van der Waals surface area contributed by atoms with Crippen molar-refractivity contribution in [3.05, 3.63) is 69.3 Å². The van der Waals surface area contributed by atoms with Crippen molar-refractivity contribution in [2.75, 3.05) is 11.9 Å². The minimum Gasteiger partial charge on any atom is -0.462 e. The zero-order valence-corrected chi connectivity index (χ0v) is 16.9. The third-order valence-electron chi connectivity index (χ3n) is 4.50. The van der Waals surface area contributed by atoms with Crippen molar-refractivity contribution in [3.8, 4) is 0 Å². The van der Waals surface area contributed by atoms with Gasteiger partial charge < -0.3 is 10.1 Å². The summed E-state index contributed by atoms with van der Waals surface area (Å²) in [5.41, 5.74) is 0.622. The number of carbonyl (C=O) groups excluding carboxylic acids is 2. The number of nitrogens with zero attached hydrogens (tertiary/aromatic N) is 1. The highest BCUT2D eigenvalue weighted by Gasteiger charge is 2.24. The van der Waals surface area contributed by atoms with Crippen LogP contribution in [0.1, 0.15) is 46.0 Å². The van der Waals surface area contributed by atoms with E-state index in [-0.39, 0.29) is 16.8 Å². The van der Waals surface area contributed by atoms with Crippen LogP contribution in [0.2, 0.25) is 0 Å². The molecule has 0 saturated carbocycles. The fourth-order valence-electron chi connectivity index (χ4n) is 2.96. The molecule has 0 radical (unpaired) electrons. The number of fused-ring (bicyclic) bond motifs is 1. The van der Waals surface area contributed by atoms with Crippen LogP contribution in [0.3, 0.4) is 0 Å². The molecule has 3 aromatic rings. The molecule has 0 saturated heterocycles. The van der Waals surface area contributed by atoms with Crippen molar-refractivity contribution >= 4 is 44.0 Å². The van der Waals surface area contributed by atoms with Crippen LogP contribution in [0.25, 0.3) is 10.1 Å².